The first-order valence-corrected chi connectivity index (χ1v) is 6.47. The topological polar surface area (TPSA) is 15.3 Å². The maximum atomic E-state index is 13.5. The van der Waals surface area contributed by atoms with Crippen molar-refractivity contribution in [3.05, 3.63) is 34.6 Å². The molecule has 4 heteroatoms. The summed E-state index contributed by atoms with van der Waals surface area (Å²) in [6.45, 7) is 6.74. The lowest BCUT2D eigenvalue weighted by molar-refractivity contribution is 0.232. The molecule has 0 aliphatic heterocycles. The molecular weight excluding hydrogens is 251 g/mol. The highest BCUT2D eigenvalue weighted by Gasteiger charge is 2.18. The third-order valence-electron chi connectivity index (χ3n) is 2.68. The van der Waals surface area contributed by atoms with E-state index in [4.69, 9.17) is 11.6 Å². The van der Waals surface area contributed by atoms with E-state index in [0.29, 0.717) is 17.1 Å². The molecule has 0 aliphatic carbocycles. The summed E-state index contributed by atoms with van der Waals surface area (Å²) >= 11 is 5.71. The number of halogens is 2. The van der Waals surface area contributed by atoms with E-state index in [2.05, 4.69) is 38.2 Å². The molecule has 0 amide bonds. The fourth-order valence-electron chi connectivity index (χ4n) is 2.11. The van der Waals surface area contributed by atoms with Crippen LogP contribution in [0, 0.1) is 11.2 Å². The molecule has 0 atom stereocenters. The Morgan fingerprint density at radius 3 is 2.56 bits per heavy atom. The summed E-state index contributed by atoms with van der Waals surface area (Å²) in [6, 6.07) is 4.79. The smallest absolute Gasteiger partial charge is 0.129 e. The van der Waals surface area contributed by atoms with Crippen molar-refractivity contribution in [2.75, 3.05) is 27.2 Å². The van der Waals surface area contributed by atoms with E-state index in [0.717, 1.165) is 13.1 Å². The van der Waals surface area contributed by atoms with E-state index < -0.39 is 0 Å². The van der Waals surface area contributed by atoms with Gasteiger partial charge >= 0.3 is 0 Å². The van der Waals surface area contributed by atoms with E-state index in [1.807, 2.05) is 0 Å². The summed E-state index contributed by atoms with van der Waals surface area (Å²) in [7, 11) is 4.11. The van der Waals surface area contributed by atoms with Crippen molar-refractivity contribution in [1.29, 1.82) is 0 Å². The fourth-order valence-corrected chi connectivity index (χ4v) is 2.27. The van der Waals surface area contributed by atoms with Crippen LogP contribution in [0.25, 0.3) is 0 Å². The zero-order valence-corrected chi connectivity index (χ0v) is 12.3. The quantitative estimate of drug-likeness (QED) is 0.856. The van der Waals surface area contributed by atoms with Crippen LogP contribution in [0.1, 0.15) is 19.4 Å². The van der Waals surface area contributed by atoms with Gasteiger partial charge in [0.15, 0.2) is 0 Å². The average molecular weight is 273 g/mol. The Hall–Kier alpha value is -0.640. The molecule has 0 saturated heterocycles. The lowest BCUT2D eigenvalue weighted by atomic mass is 9.93. The van der Waals surface area contributed by atoms with Gasteiger partial charge in [-0.25, -0.2) is 4.39 Å². The van der Waals surface area contributed by atoms with Gasteiger partial charge in [-0.1, -0.05) is 31.5 Å². The first-order valence-electron chi connectivity index (χ1n) is 6.09. The van der Waals surface area contributed by atoms with E-state index in [-0.39, 0.29) is 11.2 Å². The minimum atomic E-state index is -0.250. The number of nitrogens with one attached hydrogen (secondary N) is 1. The molecule has 0 bridgehead atoms. The molecule has 18 heavy (non-hydrogen) atoms. The molecule has 0 aliphatic rings. The lowest BCUT2D eigenvalue weighted by Gasteiger charge is -2.28. The second-order valence-corrected chi connectivity index (χ2v) is 6.18. The predicted octanol–water partition coefficient (Wildman–Crippen LogP) is 3.16. The van der Waals surface area contributed by atoms with Gasteiger partial charge in [0.2, 0.25) is 0 Å². The molecule has 1 rings (SSSR count). The average Bonchev–Trinajstić information content (AvgIpc) is 2.19. The Bertz CT molecular complexity index is 391. The normalized spacial score (nSPS) is 12.2. The lowest BCUT2D eigenvalue weighted by Crippen LogP contribution is -2.37. The SMILES string of the molecule is CN(C)CC(C)(C)CNCc1ccc(Cl)cc1F. The highest BCUT2D eigenvalue weighted by molar-refractivity contribution is 6.30. The van der Waals surface area contributed by atoms with Gasteiger partial charge in [-0.15, -0.1) is 0 Å². The molecule has 0 spiro atoms. The van der Waals surface area contributed by atoms with Crippen molar-refractivity contribution >= 4 is 11.6 Å². The van der Waals surface area contributed by atoms with Crippen LogP contribution in [0.3, 0.4) is 0 Å². The number of hydrogen-bond donors (Lipinski definition) is 1. The van der Waals surface area contributed by atoms with Crippen molar-refractivity contribution in [2.45, 2.75) is 20.4 Å². The summed E-state index contributed by atoms with van der Waals surface area (Å²) in [6.07, 6.45) is 0. The molecule has 1 N–H and O–H groups in total. The first-order chi connectivity index (χ1) is 8.30. The van der Waals surface area contributed by atoms with Crippen molar-refractivity contribution in [2.24, 2.45) is 5.41 Å². The molecule has 0 aromatic heterocycles. The summed E-state index contributed by atoms with van der Waals surface area (Å²) in [5.41, 5.74) is 0.812. The van der Waals surface area contributed by atoms with Crippen LogP contribution in [0.15, 0.2) is 18.2 Å². The predicted molar refractivity (Wildman–Crippen MR) is 75.5 cm³/mol. The molecule has 1 aromatic carbocycles. The van der Waals surface area contributed by atoms with Crippen LogP contribution in [-0.2, 0) is 6.54 Å². The summed E-state index contributed by atoms with van der Waals surface area (Å²) < 4.78 is 13.5. The van der Waals surface area contributed by atoms with Gasteiger partial charge in [-0.05, 0) is 31.6 Å². The highest BCUT2D eigenvalue weighted by Crippen LogP contribution is 2.16. The largest absolute Gasteiger partial charge is 0.312 e. The summed E-state index contributed by atoms with van der Waals surface area (Å²) in [5.74, 6) is -0.250. The zero-order chi connectivity index (χ0) is 13.8. The molecule has 0 unspecified atom stereocenters. The third-order valence-corrected chi connectivity index (χ3v) is 2.91. The van der Waals surface area contributed by atoms with Gasteiger partial charge in [0.25, 0.3) is 0 Å². The first kappa shape index (κ1) is 15.4. The van der Waals surface area contributed by atoms with Gasteiger partial charge in [-0.2, -0.15) is 0 Å². The Labute approximate surface area is 114 Å². The third kappa shape index (κ3) is 5.34. The van der Waals surface area contributed by atoms with Gasteiger partial charge in [0, 0.05) is 30.2 Å². The Balaban J connectivity index is 2.46. The fraction of sp³-hybridized carbons (Fsp3) is 0.571. The number of rotatable bonds is 6. The van der Waals surface area contributed by atoms with Crippen LogP contribution in [0.5, 0.6) is 0 Å². The van der Waals surface area contributed by atoms with Crippen LogP contribution < -0.4 is 5.32 Å². The minimum Gasteiger partial charge on any atom is -0.312 e. The van der Waals surface area contributed by atoms with Gasteiger partial charge in [0.1, 0.15) is 5.82 Å². The van der Waals surface area contributed by atoms with Crippen LogP contribution in [0.2, 0.25) is 5.02 Å². The molecule has 2 nitrogen and oxygen atoms in total. The molecule has 0 fully saturated rings. The standard InChI is InChI=1S/C14H22ClFN2/c1-14(2,10-18(3)4)9-17-8-11-5-6-12(15)7-13(11)16/h5-7,17H,8-10H2,1-4H3. The van der Waals surface area contributed by atoms with Crippen molar-refractivity contribution in [3.8, 4) is 0 Å². The second-order valence-electron chi connectivity index (χ2n) is 5.74. The molecule has 102 valence electrons. The minimum absolute atomic E-state index is 0.159. The maximum Gasteiger partial charge on any atom is 0.129 e. The summed E-state index contributed by atoms with van der Waals surface area (Å²) in [5, 5.41) is 3.73. The van der Waals surface area contributed by atoms with Crippen molar-refractivity contribution in [3.63, 3.8) is 0 Å². The zero-order valence-electron chi connectivity index (χ0n) is 11.6. The van der Waals surface area contributed by atoms with Crippen molar-refractivity contribution < 1.29 is 4.39 Å². The monoisotopic (exact) mass is 272 g/mol. The van der Waals surface area contributed by atoms with Crippen LogP contribution >= 0.6 is 11.6 Å². The van der Waals surface area contributed by atoms with Crippen LogP contribution in [-0.4, -0.2) is 32.1 Å². The number of nitrogens with zero attached hydrogens (tertiary/aromatic N) is 1. The molecule has 1 aromatic rings. The number of benzene rings is 1. The molecule has 0 heterocycles. The Morgan fingerprint density at radius 1 is 1.33 bits per heavy atom. The van der Waals surface area contributed by atoms with Gasteiger partial charge < -0.3 is 10.2 Å². The van der Waals surface area contributed by atoms with Crippen LogP contribution in [0.4, 0.5) is 4.39 Å². The molecule has 0 saturated carbocycles. The summed E-state index contributed by atoms with van der Waals surface area (Å²) in [4.78, 5) is 2.16. The second kappa shape index (κ2) is 6.50. The highest BCUT2D eigenvalue weighted by atomic mass is 35.5. The Morgan fingerprint density at radius 2 is 2.00 bits per heavy atom. The maximum absolute atomic E-state index is 13.5. The van der Waals surface area contributed by atoms with Gasteiger partial charge in [0.05, 0.1) is 0 Å². The molecule has 0 radical (unpaired) electrons. The van der Waals surface area contributed by atoms with E-state index in [1.54, 1.807) is 12.1 Å². The van der Waals surface area contributed by atoms with E-state index >= 15 is 0 Å². The Kier molecular flexibility index (Phi) is 5.57. The van der Waals surface area contributed by atoms with E-state index in [9.17, 15) is 4.39 Å². The number of hydrogen-bond acceptors (Lipinski definition) is 2. The van der Waals surface area contributed by atoms with Crippen molar-refractivity contribution in [1.82, 2.24) is 10.2 Å². The molecular formula is C14H22ClFN2. The van der Waals surface area contributed by atoms with E-state index in [1.165, 1.54) is 6.07 Å². The van der Waals surface area contributed by atoms with Gasteiger partial charge in [-0.3, -0.25) is 0 Å².